The van der Waals surface area contributed by atoms with Crippen molar-refractivity contribution in [2.45, 2.75) is 90.2 Å². The van der Waals surface area contributed by atoms with E-state index in [4.69, 9.17) is 10.5 Å². The van der Waals surface area contributed by atoms with Gasteiger partial charge >= 0.3 is 0 Å². The number of benzene rings is 1. The number of aryl methyl sites for hydroxylation is 1. The Morgan fingerprint density at radius 1 is 0.958 bits per heavy atom. The van der Waals surface area contributed by atoms with Gasteiger partial charge in [0.05, 0.1) is 6.61 Å². The lowest BCUT2D eigenvalue weighted by molar-refractivity contribution is 0.0962. The van der Waals surface area contributed by atoms with Gasteiger partial charge in [-0.15, -0.1) is 0 Å². The zero-order chi connectivity index (χ0) is 18.1. The quantitative estimate of drug-likeness (QED) is 0.537. The number of hydrogen-bond donors (Lipinski definition) is 2. The molecule has 0 aliphatic rings. The van der Waals surface area contributed by atoms with Crippen molar-refractivity contribution >= 4 is 0 Å². The molecule has 3 N–H and O–H groups in total. The highest BCUT2D eigenvalue weighted by molar-refractivity contribution is 5.28. The number of aliphatic hydroxyl groups excluding tert-OH is 1. The first kappa shape index (κ1) is 21.0. The van der Waals surface area contributed by atoms with Crippen molar-refractivity contribution in [3.8, 4) is 5.75 Å². The summed E-state index contributed by atoms with van der Waals surface area (Å²) in [5, 5.41) is 9.51. The zero-order valence-corrected chi connectivity index (χ0v) is 16.1. The summed E-state index contributed by atoms with van der Waals surface area (Å²) in [5.74, 6) is 0.926. The number of hydrogen-bond acceptors (Lipinski definition) is 3. The standard InChI is InChI=1S/C21H37NO2/c1-5-7-8-15-20(3,4)24-19-11-9-18(10-12-19)13-16-21(22,17-23)14-6-2/h9-12,23H,5-8,13-17,22H2,1-4H3/t21-/m0/s1. The summed E-state index contributed by atoms with van der Waals surface area (Å²) < 4.78 is 6.14. The minimum atomic E-state index is -0.453. The van der Waals surface area contributed by atoms with E-state index >= 15 is 0 Å². The van der Waals surface area contributed by atoms with Gasteiger partial charge in [0, 0.05) is 5.54 Å². The molecular formula is C21H37NO2. The maximum absolute atomic E-state index is 9.51. The molecule has 0 aromatic heterocycles. The maximum Gasteiger partial charge on any atom is 0.120 e. The first-order valence-corrected chi connectivity index (χ1v) is 9.52. The lowest BCUT2D eigenvalue weighted by atomic mass is 9.89. The average Bonchev–Trinajstić information content (AvgIpc) is 2.54. The van der Waals surface area contributed by atoms with Crippen molar-refractivity contribution < 1.29 is 9.84 Å². The van der Waals surface area contributed by atoms with Crippen LogP contribution in [0.25, 0.3) is 0 Å². The van der Waals surface area contributed by atoms with Gasteiger partial charge in [0.25, 0.3) is 0 Å². The Labute approximate surface area is 148 Å². The highest BCUT2D eigenvalue weighted by Gasteiger charge is 2.22. The van der Waals surface area contributed by atoms with Crippen LogP contribution in [0.15, 0.2) is 24.3 Å². The van der Waals surface area contributed by atoms with Gasteiger partial charge < -0.3 is 15.6 Å². The average molecular weight is 336 g/mol. The molecule has 138 valence electrons. The smallest absolute Gasteiger partial charge is 0.120 e. The van der Waals surface area contributed by atoms with E-state index in [2.05, 4.69) is 39.8 Å². The van der Waals surface area contributed by atoms with Gasteiger partial charge in [0.1, 0.15) is 11.4 Å². The fourth-order valence-corrected chi connectivity index (χ4v) is 3.07. The van der Waals surface area contributed by atoms with Crippen LogP contribution < -0.4 is 10.5 Å². The third-order valence-corrected chi connectivity index (χ3v) is 4.67. The molecule has 0 spiro atoms. The second-order valence-electron chi connectivity index (χ2n) is 7.73. The van der Waals surface area contributed by atoms with Crippen LogP contribution in [0.4, 0.5) is 0 Å². The predicted molar refractivity (Wildman–Crippen MR) is 103 cm³/mol. The van der Waals surface area contributed by atoms with Gasteiger partial charge in [-0.2, -0.15) is 0 Å². The van der Waals surface area contributed by atoms with Crippen LogP contribution in [-0.2, 0) is 6.42 Å². The highest BCUT2D eigenvalue weighted by atomic mass is 16.5. The number of nitrogens with two attached hydrogens (primary N) is 1. The summed E-state index contributed by atoms with van der Waals surface area (Å²) in [4.78, 5) is 0. The molecule has 24 heavy (non-hydrogen) atoms. The lowest BCUT2D eigenvalue weighted by Crippen LogP contribution is -2.43. The number of ether oxygens (including phenoxy) is 1. The van der Waals surface area contributed by atoms with Crippen LogP contribution in [0.1, 0.15) is 78.2 Å². The van der Waals surface area contributed by atoms with E-state index in [9.17, 15) is 5.11 Å². The van der Waals surface area contributed by atoms with Gasteiger partial charge in [0.15, 0.2) is 0 Å². The van der Waals surface area contributed by atoms with Gasteiger partial charge in [-0.3, -0.25) is 0 Å². The summed E-state index contributed by atoms with van der Waals surface area (Å²) in [6.07, 6.45) is 8.32. The zero-order valence-electron chi connectivity index (χ0n) is 16.1. The third-order valence-electron chi connectivity index (χ3n) is 4.67. The van der Waals surface area contributed by atoms with E-state index in [1.165, 1.54) is 24.8 Å². The molecule has 0 radical (unpaired) electrons. The summed E-state index contributed by atoms with van der Waals surface area (Å²) in [7, 11) is 0. The molecule has 3 heteroatoms. The number of rotatable bonds is 12. The summed E-state index contributed by atoms with van der Waals surface area (Å²) >= 11 is 0. The molecule has 0 saturated carbocycles. The Kier molecular flexibility index (Phi) is 8.79. The van der Waals surface area contributed by atoms with E-state index < -0.39 is 5.54 Å². The molecule has 0 unspecified atom stereocenters. The number of unbranched alkanes of at least 4 members (excludes halogenated alkanes) is 2. The third kappa shape index (κ3) is 7.67. The molecule has 1 aromatic rings. The predicted octanol–water partition coefficient (Wildman–Crippen LogP) is 4.85. The van der Waals surface area contributed by atoms with Gasteiger partial charge in [-0.05, 0) is 63.6 Å². The Morgan fingerprint density at radius 2 is 1.62 bits per heavy atom. The molecule has 0 aliphatic carbocycles. The summed E-state index contributed by atoms with van der Waals surface area (Å²) in [5.41, 5.74) is 6.92. The van der Waals surface area contributed by atoms with Crippen LogP contribution in [0, 0.1) is 0 Å². The molecule has 0 amide bonds. The normalized spacial score (nSPS) is 14.4. The van der Waals surface area contributed by atoms with E-state index in [0.29, 0.717) is 0 Å². The van der Waals surface area contributed by atoms with Crippen LogP contribution in [0.3, 0.4) is 0 Å². The highest BCUT2D eigenvalue weighted by Crippen LogP contribution is 2.24. The second-order valence-corrected chi connectivity index (χ2v) is 7.73. The van der Waals surface area contributed by atoms with Crippen molar-refractivity contribution in [3.63, 3.8) is 0 Å². The van der Waals surface area contributed by atoms with E-state index in [-0.39, 0.29) is 12.2 Å². The van der Waals surface area contributed by atoms with Crippen molar-refractivity contribution in [3.05, 3.63) is 29.8 Å². The molecule has 0 heterocycles. The first-order chi connectivity index (χ1) is 11.3. The Morgan fingerprint density at radius 3 is 2.17 bits per heavy atom. The Bertz CT molecular complexity index is 455. The molecule has 0 fully saturated rings. The lowest BCUT2D eigenvalue weighted by Gasteiger charge is -2.27. The Balaban J connectivity index is 2.53. The minimum Gasteiger partial charge on any atom is -0.488 e. The topological polar surface area (TPSA) is 55.5 Å². The van der Waals surface area contributed by atoms with E-state index in [1.807, 2.05) is 12.1 Å². The van der Waals surface area contributed by atoms with Crippen LogP contribution >= 0.6 is 0 Å². The molecule has 0 bridgehead atoms. The van der Waals surface area contributed by atoms with Gasteiger partial charge in [-0.25, -0.2) is 0 Å². The molecule has 3 nitrogen and oxygen atoms in total. The SMILES string of the molecule is CCCCCC(C)(C)Oc1ccc(CC[C@](N)(CO)CCC)cc1. The van der Waals surface area contributed by atoms with Gasteiger partial charge in [-0.1, -0.05) is 45.2 Å². The van der Waals surface area contributed by atoms with Gasteiger partial charge in [0.2, 0.25) is 0 Å². The summed E-state index contributed by atoms with van der Waals surface area (Å²) in [6, 6.07) is 8.32. The largest absolute Gasteiger partial charge is 0.488 e. The van der Waals surface area contributed by atoms with Crippen LogP contribution in [-0.4, -0.2) is 22.9 Å². The van der Waals surface area contributed by atoms with Crippen molar-refractivity contribution in [1.29, 1.82) is 0 Å². The number of aliphatic hydroxyl groups is 1. The molecule has 1 atom stereocenters. The first-order valence-electron chi connectivity index (χ1n) is 9.52. The Hall–Kier alpha value is -1.06. The fourth-order valence-electron chi connectivity index (χ4n) is 3.07. The monoisotopic (exact) mass is 335 g/mol. The second kappa shape index (κ2) is 10.0. The van der Waals surface area contributed by atoms with Crippen molar-refractivity contribution in [2.75, 3.05) is 6.61 Å². The molecule has 0 saturated heterocycles. The molecule has 1 rings (SSSR count). The fraction of sp³-hybridized carbons (Fsp3) is 0.714. The molecule has 0 aliphatic heterocycles. The van der Waals surface area contributed by atoms with E-state index in [1.54, 1.807) is 0 Å². The van der Waals surface area contributed by atoms with Crippen LogP contribution in [0.5, 0.6) is 5.75 Å². The molecule has 1 aromatic carbocycles. The van der Waals surface area contributed by atoms with E-state index in [0.717, 1.165) is 37.9 Å². The molecular weight excluding hydrogens is 298 g/mol. The van der Waals surface area contributed by atoms with Crippen molar-refractivity contribution in [1.82, 2.24) is 0 Å². The van der Waals surface area contributed by atoms with Crippen molar-refractivity contribution in [2.24, 2.45) is 5.73 Å². The summed E-state index contributed by atoms with van der Waals surface area (Å²) in [6.45, 7) is 8.69. The van der Waals surface area contributed by atoms with Crippen LogP contribution in [0.2, 0.25) is 0 Å². The maximum atomic E-state index is 9.51. The minimum absolute atomic E-state index is 0.0496.